The molecule has 0 radical (unpaired) electrons. The van der Waals surface area contributed by atoms with Crippen LogP contribution >= 0.6 is 11.6 Å². The van der Waals surface area contributed by atoms with Crippen LogP contribution in [0.1, 0.15) is 31.7 Å². The lowest BCUT2D eigenvalue weighted by Crippen LogP contribution is -2.20. The minimum atomic E-state index is 0.214. The van der Waals surface area contributed by atoms with Gasteiger partial charge in [-0.25, -0.2) is 0 Å². The maximum Gasteiger partial charge on any atom is 0.162 e. The van der Waals surface area contributed by atoms with Gasteiger partial charge in [-0.3, -0.25) is 4.90 Å². The van der Waals surface area contributed by atoms with E-state index in [0.717, 1.165) is 31.1 Å². The molecule has 1 fully saturated rings. The highest BCUT2D eigenvalue weighted by Gasteiger charge is 2.23. The summed E-state index contributed by atoms with van der Waals surface area (Å²) < 4.78 is 5.14. The van der Waals surface area contributed by atoms with Gasteiger partial charge in [-0.15, -0.1) is 0 Å². The largest absolute Gasteiger partial charge is 0.504 e. The molecule has 0 saturated carbocycles. The predicted molar refractivity (Wildman–Crippen MR) is 78.0 cm³/mol. The molecular weight excluding hydrogens is 262 g/mol. The van der Waals surface area contributed by atoms with Gasteiger partial charge in [0.2, 0.25) is 0 Å². The minimum Gasteiger partial charge on any atom is -0.504 e. The lowest BCUT2D eigenvalue weighted by atomic mass is 10.0. The van der Waals surface area contributed by atoms with Crippen molar-refractivity contribution in [3.8, 4) is 11.5 Å². The van der Waals surface area contributed by atoms with Crippen LogP contribution in [0.5, 0.6) is 11.5 Å². The topological polar surface area (TPSA) is 32.7 Å². The first-order valence-electron chi connectivity index (χ1n) is 6.91. The van der Waals surface area contributed by atoms with Crippen molar-refractivity contribution in [3.63, 3.8) is 0 Å². The van der Waals surface area contributed by atoms with Gasteiger partial charge in [0, 0.05) is 29.7 Å². The molecule has 1 unspecified atom stereocenters. The van der Waals surface area contributed by atoms with Crippen molar-refractivity contribution in [2.45, 2.75) is 32.7 Å². The average Bonchev–Trinajstić information content (AvgIpc) is 2.81. The Balaban J connectivity index is 2.05. The maximum absolute atomic E-state index is 10.1. The van der Waals surface area contributed by atoms with Crippen molar-refractivity contribution in [2.75, 3.05) is 20.2 Å². The Hall–Kier alpha value is -0.930. The Morgan fingerprint density at radius 3 is 2.95 bits per heavy atom. The molecule has 0 amide bonds. The summed E-state index contributed by atoms with van der Waals surface area (Å²) in [4.78, 5) is 2.38. The molecule has 0 aromatic heterocycles. The van der Waals surface area contributed by atoms with E-state index in [9.17, 15) is 5.11 Å². The van der Waals surface area contributed by atoms with Crippen molar-refractivity contribution in [3.05, 3.63) is 22.7 Å². The van der Waals surface area contributed by atoms with Gasteiger partial charge in [-0.05, 0) is 31.4 Å². The number of nitrogens with zero attached hydrogens (tertiary/aromatic N) is 1. The number of methoxy groups -OCH3 is 1. The molecule has 0 bridgehead atoms. The Labute approximate surface area is 120 Å². The molecule has 1 heterocycles. The molecule has 1 atom stereocenters. The molecule has 4 heteroatoms. The highest BCUT2D eigenvalue weighted by atomic mass is 35.5. The maximum atomic E-state index is 10.1. The molecule has 0 aliphatic carbocycles. The summed E-state index contributed by atoms with van der Waals surface area (Å²) in [6.07, 6.45) is 3.79. The van der Waals surface area contributed by atoms with E-state index in [4.69, 9.17) is 16.3 Å². The SMILES string of the molecule is CCCC1CCN(Cc2cc(Cl)cc(OC)c2O)C1. The summed E-state index contributed by atoms with van der Waals surface area (Å²) in [6.45, 7) is 5.18. The van der Waals surface area contributed by atoms with Gasteiger partial charge in [0.1, 0.15) is 0 Å². The number of hydrogen-bond donors (Lipinski definition) is 1. The van der Waals surface area contributed by atoms with Crippen LogP contribution in [0.25, 0.3) is 0 Å². The van der Waals surface area contributed by atoms with E-state index in [1.807, 2.05) is 6.07 Å². The van der Waals surface area contributed by atoms with Gasteiger partial charge in [0.05, 0.1) is 7.11 Å². The van der Waals surface area contributed by atoms with E-state index >= 15 is 0 Å². The summed E-state index contributed by atoms with van der Waals surface area (Å²) in [6, 6.07) is 3.47. The van der Waals surface area contributed by atoms with Gasteiger partial charge in [-0.2, -0.15) is 0 Å². The van der Waals surface area contributed by atoms with Crippen molar-refractivity contribution in [2.24, 2.45) is 5.92 Å². The second-order valence-electron chi connectivity index (χ2n) is 5.29. The predicted octanol–water partition coefficient (Wildman–Crippen LogP) is 3.68. The molecule has 1 aliphatic rings. The van der Waals surface area contributed by atoms with Crippen LogP contribution in [0, 0.1) is 5.92 Å². The van der Waals surface area contributed by atoms with Crippen molar-refractivity contribution in [1.82, 2.24) is 4.90 Å². The Morgan fingerprint density at radius 2 is 2.26 bits per heavy atom. The van der Waals surface area contributed by atoms with Gasteiger partial charge < -0.3 is 9.84 Å². The van der Waals surface area contributed by atoms with E-state index < -0.39 is 0 Å². The Kier molecular flexibility index (Phi) is 4.94. The highest BCUT2D eigenvalue weighted by Crippen LogP contribution is 2.35. The van der Waals surface area contributed by atoms with Crippen molar-refractivity contribution < 1.29 is 9.84 Å². The van der Waals surface area contributed by atoms with Crippen molar-refractivity contribution in [1.29, 1.82) is 0 Å². The van der Waals surface area contributed by atoms with E-state index in [0.29, 0.717) is 10.8 Å². The first kappa shape index (κ1) is 14.5. The second-order valence-corrected chi connectivity index (χ2v) is 5.73. The molecule has 1 aliphatic heterocycles. The molecular formula is C15H22ClNO2. The van der Waals surface area contributed by atoms with Crippen LogP contribution < -0.4 is 4.74 Å². The average molecular weight is 284 g/mol. The molecule has 106 valence electrons. The number of benzene rings is 1. The number of phenolic OH excluding ortho intramolecular Hbond substituents is 1. The number of aromatic hydroxyl groups is 1. The molecule has 1 aromatic carbocycles. The summed E-state index contributed by atoms with van der Waals surface area (Å²) in [7, 11) is 1.54. The van der Waals surface area contributed by atoms with E-state index in [1.165, 1.54) is 19.3 Å². The Bertz CT molecular complexity index is 436. The zero-order valence-electron chi connectivity index (χ0n) is 11.7. The number of hydrogen-bond acceptors (Lipinski definition) is 3. The van der Waals surface area contributed by atoms with Gasteiger partial charge in [-0.1, -0.05) is 24.9 Å². The number of phenols is 1. The van der Waals surface area contributed by atoms with E-state index in [-0.39, 0.29) is 5.75 Å². The third-order valence-electron chi connectivity index (χ3n) is 3.80. The lowest BCUT2D eigenvalue weighted by Gasteiger charge is -2.18. The summed E-state index contributed by atoms with van der Waals surface area (Å²) in [5.41, 5.74) is 0.849. The normalized spacial score (nSPS) is 19.8. The summed E-state index contributed by atoms with van der Waals surface area (Å²) >= 11 is 6.05. The summed E-state index contributed by atoms with van der Waals surface area (Å²) in [5.74, 6) is 1.46. The fourth-order valence-corrected chi connectivity index (χ4v) is 3.08. The minimum absolute atomic E-state index is 0.214. The number of rotatable bonds is 5. The third-order valence-corrected chi connectivity index (χ3v) is 4.02. The molecule has 1 aromatic rings. The molecule has 2 rings (SSSR count). The van der Waals surface area contributed by atoms with Gasteiger partial charge in [0.15, 0.2) is 11.5 Å². The zero-order chi connectivity index (χ0) is 13.8. The summed E-state index contributed by atoms with van der Waals surface area (Å²) in [5, 5.41) is 10.7. The van der Waals surface area contributed by atoms with Gasteiger partial charge in [0.25, 0.3) is 0 Å². The van der Waals surface area contributed by atoms with E-state index in [1.54, 1.807) is 13.2 Å². The fraction of sp³-hybridized carbons (Fsp3) is 0.600. The molecule has 1 saturated heterocycles. The first-order valence-corrected chi connectivity index (χ1v) is 7.29. The van der Waals surface area contributed by atoms with Crippen LogP contribution in [-0.2, 0) is 6.54 Å². The monoisotopic (exact) mass is 283 g/mol. The highest BCUT2D eigenvalue weighted by molar-refractivity contribution is 6.30. The quantitative estimate of drug-likeness (QED) is 0.895. The lowest BCUT2D eigenvalue weighted by molar-refractivity contribution is 0.303. The molecule has 1 N–H and O–H groups in total. The number of likely N-dealkylation sites (tertiary alicyclic amines) is 1. The molecule has 19 heavy (non-hydrogen) atoms. The number of ether oxygens (including phenoxy) is 1. The zero-order valence-corrected chi connectivity index (χ0v) is 12.4. The second kappa shape index (κ2) is 6.49. The van der Waals surface area contributed by atoms with Crippen LogP contribution in [0.3, 0.4) is 0 Å². The van der Waals surface area contributed by atoms with Gasteiger partial charge >= 0.3 is 0 Å². The van der Waals surface area contributed by atoms with Crippen LogP contribution in [0.2, 0.25) is 5.02 Å². The van der Waals surface area contributed by atoms with Crippen molar-refractivity contribution >= 4 is 11.6 Å². The van der Waals surface area contributed by atoms with Crippen LogP contribution in [0.4, 0.5) is 0 Å². The molecule has 3 nitrogen and oxygen atoms in total. The molecule has 0 spiro atoms. The number of halogens is 1. The fourth-order valence-electron chi connectivity index (χ4n) is 2.85. The van der Waals surface area contributed by atoms with Crippen LogP contribution in [0.15, 0.2) is 12.1 Å². The van der Waals surface area contributed by atoms with E-state index in [2.05, 4.69) is 11.8 Å². The third kappa shape index (κ3) is 3.54. The first-order chi connectivity index (χ1) is 9.13. The van der Waals surface area contributed by atoms with Crippen LogP contribution in [-0.4, -0.2) is 30.2 Å². The Morgan fingerprint density at radius 1 is 1.47 bits per heavy atom. The smallest absolute Gasteiger partial charge is 0.162 e. The standard InChI is InChI=1S/C15H22ClNO2/c1-3-4-11-5-6-17(9-11)10-12-7-13(16)8-14(19-2)15(12)18/h7-8,11,18H,3-6,9-10H2,1-2H3.